The topological polar surface area (TPSA) is 87.0 Å². The van der Waals surface area contributed by atoms with Crippen molar-refractivity contribution in [3.8, 4) is 17.2 Å². The first kappa shape index (κ1) is 29.4. The minimum Gasteiger partial charge on any atom is -0.497 e. The quantitative estimate of drug-likeness (QED) is 0.155. The molecule has 1 heterocycles. The fourth-order valence-electron chi connectivity index (χ4n) is 4.60. The summed E-state index contributed by atoms with van der Waals surface area (Å²) in [5, 5.41) is 9.81. The highest BCUT2D eigenvalue weighted by atomic mass is 19.4. The molecule has 11 heteroatoms. The molecule has 0 bridgehead atoms. The monoisotopic (exact) mass is 573 g/mol. The summed E-state index contributed by atoms with van der Waals surface area (Å²) in [4.78, 5) is 25.2. The number of benzene rings is 3. The number of ketones is 1. The average Bonchev–Trinajstić information content (AvgIpc) is 3.19. The number of hydrogen-bond donors (Lipinski definition) is 1. The van der Waals surface area contributed by atoms with E-state index in [9.17, 15) is 32.3 Å². The first-order valence-electron chi connectivity index (χ1n) is 12.7. The smallest absolute Gasteiger partial charge is 0.497 e. The molecule has 0 saturated carbocycles. The number of aromatic nitrogens is 1. The molecule has 0 saturated heterocycles. The summed E-state index contributed by atoms with van der Waals surface area (Å²) in [5.74, 6) is -2.55. The maximum absolute atomic E-state index is 14.6. The van der Waals surface area contributed by atoms with Gasteiger partial charge in [0.15, 0.2) is 23.5 Å². The standard InChI is InChI=1S/C30H27F4NO6/c1-4-5-25(29(37)38)40-26-14-18(6-13-23(26)31)16-35-17(2)27(28(36)19-7-9-20(39-3)10-8-19)22-12-11-21(15-24(22)35)41-30(32,33)34/h6-15,25H,4-5,16H2,1-3H3,(H,37,38). The third-order valence-electron chi connectivity index (χ3n) is 6.54. The van der Waals surface area contributed by atoms with Crippen molar-refractivity contribution in [1.82, 2.24) is 4.57 Å². The van der Waals surface area contributed by atoms with Crippen molar-refractivity contribution >= 4 is 22.7 Å². The number of halogens is 4. The molecule has 3 aromatic carbocycles. The van der Waals surface area contributed by atoms with Gasteiger partial charge in [-0.2, -0.15) is 0 Å². The van der Waals surface area contributed by atoms with E-state index in [0.717, 1.165) is 12.1 Å². The van der Waals surface area contributed by atoms with Gasteiger partial charge < -0.3 is 23.9 Å². The first-order chi connectivity index (χ1) is 19.4. The normalized spacial score (nSPS) is 12.3. The predicted molar refractivity (Wildman–Crippen MR) is 142 cm³/mol. The van der Waals surface area contributed by atoms with E-state index in [1.807, 2.05) is 0 Å². The van der Waals surface area contributed by atoms with Crippen LogP contribution in [0.4, 0.5) is 17.6 Å². The molecule has 4 rings (SSSR count). The molecule has 0 radical (unpaired) electrons. The highest BCUT2D eigenvalue weighted by molar-refractivity contribution is 6.17. The maximum Gasteiger partial charge on any atom is 0.573 e. The molecule has 0 aliphatic heterocycles. The maximum atomic E-state index is 14.6. The van der Waals surface area contributed by atoms with Gasteiger partial charge in [0.1, 0.15) is 11.5 Å². The Morgan fingerprint density at radius 3 is 2.29 bits per heavy atom. The number of alkyl halides is 3. The van der Waals surface area contributed by atoms with Crippen molar-refractivity contribution in [3.63, 3.8) is 0 Å². The molecular formula is C30H27F4NO6. The number of fused-ring (bicyclic) bond motifs is 1. The highest BCUT2D eigenvalue weighted by Crippen LogP contribution is 2.34. The predicted octanol–water partition coefficient (Wildman–Crippen LogP) is 6.91. The molecule has 1 aromatic heterocycles. The van der Waals surface area contributed by atoms with Crippen LogP contribution in [0.15, 0.2) is 60.7 Å². The van der Waals surface area contributed by atoms with Crippen molar-refractivity contribution in [2.45, 2.75) is 45.7 Å². The fourth-order valence-corrected chi connectivity index (χ4v) is 4.60. The van der Waals surface area contributed by atoms with E-state index in [4.69, 9.17) is 9.47 Å². The summed E-state index contributed by atoms with van der Waals surface area (Å²) < 4.78 is 69.9. The summed E-state index contributed by atoms with van der Waals surface area (Å²) in [6.45, 7) is 3.44. The SMILES string of the molecule is CCCC(Oc1cc(Cn2c(C)c(C(=O)c3ccc(OC)cc3)c3ccc(OC(F)(F)F)cc32)ccc1F)C(=O)O. The van der Waals surface area contributed by atoms with Gasteiger partial charge in [-0.25, -0.2) is 9.18 Å². The van der Waals surface area contributed by atoms with Crippen LogP contribution in [0, 0.1) is 12.7 Å². The van der Waals surface area contributed by atoms with E-state index in [-0.39, 0.29) is 35.6 Å². The Kier molecular flexibility index (Phi) is 8.55. The minimum absolute atomic E-state index is 0.00977. The zero-order valence-corrected chi connectivity index (χ0v) is 22.4. The van der Waals surface area contributed by atoms with Crippen molar-refractivity contribution in [3.05, 3.63) is 88.9 Å². The second-order valence-electron chi connectivity index (χ2n) is 9.33. The summed E-state index contributed by atoms with van der Waals surface area (Å²) in [5.41, 5.74) is 1.81. The molecule has 7 nitrogen and oxygen atoms in total. The highest BCUT2D eigenvalue weighted by Gasteiger charge is 2.32. The molecule has 1 N–H and O–H groups in total. The van der Waals surface area contributed by atoms with Gasteiger partial charge in [-0.05, 0) is 67.4 Å². The van der Waals surface area contributed by atoms with E-state index in [2.05, 4.69) is 4.74 Å². The van der Waals surface area contributed by atoms with Crippen LogP contribution in [-0.2, 0) is 11.3 Å². The summed E-state index contributed by atoms with van der Waals surface area (Å²) in [7, 11) is 1.49. The van der Waals surface area contributed by atoms with Gasteiger partial charge in [0.25, 0.3) is 0 Å². The second kappa shape index (κ2) is 11.9. The van der Waals surface area contributed by atoms with Crippen molar-refractivity contribution in [2.75, 3.05) is 7.11 Å². The van der Waals surface area contributed by atoms with Crippen molar-refractivity contribution in [1.29, 1.82) is 0 Å². The average molecular weight is 574 g/mol. The van der Waals surface area contributed by atoms with E-state index < -0.39 is 30.0 Å². The summed E-state index contributed by atoms with van der Waals surface area (Å²) in [6, 6.07) is 14.0. The molecule has 1 atom stereocenters. The van der Waals surface area contributed by atoms with Gasteiger partial charge in [0, 0.05) is 29.3 Å². The Labute approximate surface area is 232 Å². The van der Waals surface area contributed by atoms with Crippen LogP contribution in [0.25, 0.3) is 10.9 Å². The minimum atomic E-state index is -4.93. The summed E-state index contributed by atoms with van der Waals surface area (Å²) >= 11 is 0. The first-order valence-corrected chi connectivity index (χ1v) is 12.7. The van der Waals surface area contributed by atoms with Crippen LogP contribution in [0.3, 0.4) is 0 Å². The van der Waals surface area contributed by atoms with Gasteiger partial charge in [-0.3, -0.25) is 4.79 Å². The van der Waals surface area contributed by atoms with Crippen LogP contribution < -0.4 is 14.2 Å². The van der Waals surface area contributed by atoms with Crippen molar-refractivity contribution in [2.24, 2.45) is 0 Å². The lowest BCUT2D eigenvalue weighted by molar-refractivity contribution is -0.274. The summed E-state index contributed by atoms with van der Waals surface area (Å²) in [6.07, 6.45) is -5.52. The molecule has 1 unspecified atom stereocenters. The number of nitrogens with zero attached hydrogens (tertiary/aromatic N) is 1. The van der Waals surface area contributed by atoms with E-state index in [1.54, 1.807) is 42.7 Å². The Bertz CT molecular complexity index is 1580. The Hall–Kier alpha value is -4.54. The van der Waals surface area contributed by atoms with E-state index in [1.165, 1.54) is 31.4 Å². The molecule has 0 aliphatic carbocycles. The van der Waals surface area contributed by atoms with Crippen molar-refractivity contribution < 1.29 is 46.5 Å². The van der Waals surface area contributed by atoms with E-state index >= 15 is 0 Å². The lowest BCUT2D eigenvalue weighted by Gasteiger charge is -2.16. The third-order valence-corrected chi connectivity index (χ3v) is 6.54. The molecular weight excluding hydrogens is 546 g/mol. The number of carboxylic acid groups (broad SMARTS) is 1. The zero-order valence-electron chi connectivity index (χ0n) is 22.4. The lowest BCUT2D eigenvalue weighted by Crippen LogP contribution is -2.27. The van der Waals surface area contributed by atoms with Gasteiger partial charge in [-0.15, -0.1) is 13.2 Å². The number of aliphatic carboxylic acids is 1. The largest absolute Gasteiger partial charge is 0.573 e. The van der Waals surface area contributed by atoms with E-state index in [0.29, 0.717) is 34.4 Å². The fraction of sp³-hybridized carbons (Fsp3) is 0.267. The molecule has 216 valence electrons. The van der Waals surface area contributed by atoms with Crippen LogP contribution in [-0.4, -0.2) is 41.0 Å². The molecule has 0 spiro atoms. The van der Waals surface area contributed by atoms with Gasteiger partial charge in [0.05, 0.1) is 18.2 Å². The number of rotatable bonds is 11. The Morgan fingerprint density at radius 1 is 1.00 bits per heavy atom. The molecule has 0 aliphatic rings. The van der Waals surface area contributed by atoms with Crippen LogP contribution in [0.2, 0.25) is 0 Å². The van der Waals surface area contributed by atoms with Gasteiger partial charge in [-0.1, -0.05) is 19.4 Å². The van der Waals surface area contributed by atoms with Gasteiger partial charge >= 0.3 is 12.3 Å². The van der Waals surface area contributed by atoms with Gasteiger partial charge in [0.2, 0.25) is 0 Å². The number of carbonyl (C=O) groups excluding carboxylic acids is 1. The number of hydrogen-bond acceptors (Lipinski definition) is 5. The lowest BCUT2D eigenvalue weighted by atomic mass is 10.0. The number of ether oxygens (including phenoxy) is 3. The van der Waals surface area contributed by atoms with Crippen LogP contribution in [0.5, 0.6) is 17.2 Å². The van der Waals surface area contributed by atoms with Crippen LogP contribution in [0.1, 0.15) is 46.9 Å². The molecule has 41 heavy (non-hydrogen) atoms. The second-order valence-corrected chi connectivity index (χ2v) is 9.33. The Balaban J connectivity index is 1.80. The third kappa shape index (κ3) is 6.62. The Morgan fingerprint density at radius 2 is 1.68 bits per heavy atom. The number of carbonyl (C=O) groups is 2. The number of carboxylic acids is 1. The molecule has 4 aromatic rings. The zero-order chi connectivity index (χ0) is 29.9. The molecule has 0 amide bonds. The van der Waals surface area contributed by atoms with Crippen LogP contribution >= 0.6 is 0 Å². The number of methoxy groups -OCH3 is 1. The molecule has 0 fully saturated rings.